The molecule has 0 spiro atoms. The fourth-order valence-corrected chi connectivity index (χ4v) is 4.97. The zero-order chi connectivity index (χ0) is 27.8. The van der Waals surface area contributed by atoms with E-state index in [0.717, 1.165) is 12.6 Å². The third-order valence-electron chi connectivity index (χ3n) is 7.28. The van der Waals surface area contributed by atoms with Crippen molar-refractivity contribution in [3.63, 3.8) is 0 Å². The standard InChI is InChI=1S/C26H30F3N9O2/c1-35(26-32-24-12-19(21-3-2-10-39-21)34-38(24)25(30)33-26)4-5-36-6-8-37(9-7-36)20-13-22(17(28)11-16(20)27)40-23-15-31-14-18(23)29/h2-3,10-13,18,23,31H,4-9,14-15H2,1H3,(H2,30,32,33)/t18-,23+/m0/s1. The van der Waals surface area contributed by atoms with Crippen LogP contribution in [0.15, 0.2) is 41.0 Å². The van der Waals surface area contributed by atoms with Crippen LogP contribution >= 0.6 is 0 Å². The van der Waals surface area contributed by atoms with Crippen LogP contribution in [0.25, 0.3) is 17.1 Å². The van der Waals surface area contributed by atoms with Crippen LogP contribution in [0.1, 0.15) is 0 Å². The number of nitrogen functional groups attached to an aromatic ring is 1. The fourth-order valence-electron chi connectivity index (χ4n) is 4.97. The Balaban J connectivity index is 1.06. The van der Waals surface area contributed by atoms with E-state index < -0.39 is 23.9 Å². The van der Waals surface area contributed by atoms with Crippen LogP contribution in [0.4, 0.5) is 30.8 Å². The predicted octanol–water partition coefficient (Wildman–Crippen LogP) is 2.19. The lowest BCUT2D eigenvalue weighted by Crippen LogP contribution is -2.48. The summed E-state index contributed by atoms with van der Waals surface area (Å²) in [5, 5.41) is 7.28. The van der Waals surface area contributed by atoms with Crippen molar-refractivity contribution >= 4 is 23.2 Å². The van der Waals surface area contributed by atoms with E-state index in [0.29, 0.717) is 55.8 Å². The molecule has 212 valence electrons. The molecule has 6 rings (SSSR count). The Morgan fingerprint density at radius 3 is 2.67 bits per heavy atom. The first-order chi connectivity index (χ1) is 19.4. The van der Waals surface area contributed by atoms with Gasteiger partial charge in [-0.05, 0) is 12.1 Å². The topological polar surface area (TPSA) is 113 Å². The molecule has 2 aliphatic rings. The smallest absolute Gasteiger partial charge is 0.230 e. The third-order valence-corrected chi connectivity index (χ3v) is 7.28. The molecule has 11 nitrogen and oxygen atoms in total. The Hall–Kier alpha value is -4.04. The number of nitrogens with one attached hydrogen (secondary N) is 1. The number of hydrogen-bond acceptors (Lipinski definition) is 10. The number of benzene rings is 1. The third kappa shape index (κ3) is 5.23. The molecule has 14 heteroatoms. The molecule has 1 aromatic carbocycles. The summed E-state index contributed by atoms with van der Waals surface area (Å²) in [7, 11) is 1.89. The van der Waals surface area contributed by atoms with Gasteiger partial charge >= 0.3 is 0 Å². The van der Waals surface area contributed by atoms with Gasteiger partial charge in [0.05, 0.1) is 12.0 Å². The number of piperazine rings is 1. The number of alkyl halides is 1. The number of anilines is 3. The summed E-state index contributed by atoms with van der Waals surface area (Å²) in [6, 6.07) is 7.53. The Kier molecular flexibility index (Phi) is 7.11. The minimum Gasteiger partial charge on any atom is -0.483 e. The van der Waals surface area contributed by atoms with Crippen LogP contribution in [0.5, 0.6) is 5.75 Å². The van der Waals surface area contributed by atoms with E-state index in [1.807, 2.05) is 22.9 Å². The van der Waals surface area contributed by atoms with E-state index in [9.17, 15) is 13.2 Å². The van der Waals surface area contributed by atoms with Crippen molar-refractivity contribution in [3.05, 3.63) is 48.2 Å². The lowest BCUT2D eigenvalue weighted by Gasteiger charge is -2.37. The van der Waals surface area contributed by atoms with Gasteiger partial charge in [-0.25, -0.2) is 13.2 Å². The van der Waals surface area contributed by atoms with Crippen LogP contribution < -0.4 is 25.6 Å². The van der Waals surface area contributed by atoms with E-state index in [4.69, 9.17) is 14.9 Å². The van der Waals surface area contributed by atoms with Gasteiger partial charge in [0.2, 0.25) is 11.9 Å². The first-order valence-corrected chi connectivity index (χ1v) is 13.1. The molecule has 2 atom stereocenters. The highest BCUT2D eigenvalue weighted by molar-refractivity contribution is 5.61. The highest BCUT2D eigenvalue weighted by Crippen LogP contribution is 2.30. The number of furan rings is 1. The van der Waals surface area contributed by atoms with Crippen molar-refractivity contribution in [3.8, 4) is 17.2 Å². The van der Waals surface area contributed by atoms with Gasteiger partial charge in [-0.1, -0.05) is 0 Å². The quantitative estimate of drug-likeness (QED) is 0.334. The number of ether oxygens (including phenoxy) is 1. The van der Waals surface area contributed by atoms with E-state index in [1.165, 1.54) is 10.6 Å². The molecule has 2 saturated heterocycles. The monoisotopic (exact) mass is 557 g/mol. The maximum atomic E-state index is 14.7. The highest BCUT2D eigenvalue weighted by Gasteiger charge is 2.30. The fraction of sp³-hybridized carbons (Fsp3) is 0.423. The summed E-state index contributed by atoms with van der Waals surface area (Å²) >= 11 is 0. The molecule has 2 fully saturated rings. The molecule has 0 saturated carbocycles. The van der Waals surface area contributed by atoms with Crippen molar-refractivity contribution in [2.75, 3.05) is 74.9 Å². The van der Waals surface area contributed by atoms with Gasteiger partial charge in [-0.3, -0.25) is 4.90 Å². The molecule has 0 radical (unpaired) electrons. The molecule has 0 aliphatic carbocycles. The van der Waals surface area contributed by atoms with Crippen molar-refractivity contribution in [2.24, 2.45) is 0 Å². The van der Waals surface area contributed by atoms with Crippen LogP contribution in [-0.4, -0.2) is 96.2 Å². The number of halogens is 3. The number of hydrogen-bond donors (Lipinski definition) is 2. The Bertz CT molecular complexity index is 1470. The average molecular weight is 558 g/mol. The number of fused-ring (bicyclic) bond motifs is 1. The molecule has 0 unspecified atom stereocenters. The largest absolute Gasteiger partial charge is 0.483 e. The van der Waals surface area contributed by atoms with Gasteiger partial charge in [0.1, 0.15) is 17.6 Å². The zero-order valence-corrected chi connectivity index (χ0v) is 21.9. The number of nitrogens with zero attached hydrogens (tertiary/aromatic N) is 7. The normalized spacial score (nSPS) is 19.9. The van der Waals surface area contributed by atoms with E-state index in [1.54, 1.807) is 18.4 Å². The van der Waals surface area contributed by atoms with Gasteiger partial charge in [0.25, 0.3) is 0 Å². The minimum atomic E-state index is -1.24. The molecular weight excluding hydrogens is 527 g/mol. The van der Waals surface area contributed by atoms with E-state index in [2.05, 4.69) is 25.3 Å². The Labute approximate surface area is 228 Å². The molecule has 4 aromatic rings. The SMILES string of the molecule is CN(CCN1CCN(c2cc(O[C@@H]3CNC[C@@H]3F)c(F)cc2F)CC1)c1nc(N)n2nc(-c3ccco3)cc2n1. The molecule has 3 N–H and O–H groups in total. The molecule has 3 aromatic heterocycles. The number of rotatable bonds is 8. The molecule has 2 aliphatic heterocycles. The van der Waals surface area contributed by atoms with Crippen LogP contribution in [0.3, 0.4) is 0 Å². The van der Waals surface area contributed by atoms with Crippen molar-refractivity contribution < 1.29 is 22.3 Å². The van der Waals surface area contributed by atoms with Gasteiger partial charge in [-0.15, -0.1) is 0 Å². The zero-order valence-electron chi connectivity index (χ0n) is 21.9. The minimum absolute atomic E-state index is 0.137. The van der Waals surface area contributed by atoms with Crippen LogP contribution in [0, 0.1) is 11.6 Å². The first-order valence-electron chi connectivity index (χ1n) is 13.1. The molecular formula is C26H30F3N9O2. The average Bonchev–Trinajstić information content (AvgIpc) is 3.71. The van der Waals surface area contributed by atoms with Gasteiger partial charge in [0.15, 0.2) is 29.1 Å². The van der Waals surface area contributed by atoms with E-state index in [-0.39, 0.29) is 30.5 Å². The van der Waals surface area contributed by atoms with Crippen LogP contribution in [-0.2, 0) is 0 Å². The summed E-state index contributed by atoms with van der Waals surface area (Å²) in [6.07, 6.45) is -0.460. The van der Waals surface area contributed by atoms with Crippen molar-refractivity contribution in [1.82, 2.24) is 29.8 Å². The number of aromatic nitrogens is 4. The lowest BCUT2D eigenvalue weighted by molar-refractivity contribution is 0.134. The molecule has 0 bridgehead atoms. The lowest BCUT2D eigenvalue weighted by atomic mass is 10.2. The second kappa shape index (κ2) is 10.8. The number of nitrogens with two attached hydrogens (primary N) is 1. The molecule has 40 heavy (non-hydrogen) atoms. The maximum absolute atomic E-state index is 14.7. The van der Waals surface area contributed by atoms with Gasteiger partial charge < -0.3 is 30.0 Å². The predicted molar refractivity (Wildman–Crippen MR) is 143 cm³/mol. The summed E-state index contributed by atoms with van der Waals surface area (Å²) in [5.74, 6) is -0.335. The van der Waals surface area contributed by atoms with Gasteiger partial charge in [-0.2, -0.15) is 19.6 Å². The summed E-state index contributed by atoms with van der Waals surface area (Å²) in [4.78, 5) is 15.0. The van der Waals surface area contributed by atoms with Gasteiger partial charge in [0, 0.05) is 77.6 Å². The Morgan fingerprint density at radius 2 is 1.95 bits per heavy atom. The summed E-state index contributed by atoms with van der Waals surface area (Å²) in [5.41, 5.74) is 7.57. The highest BCUT2D eigenvalue weighted by atomic mass is 19.1. The van der Waals surface area contributed by atoms with E-state index >= 15 is 0 Å². The first kappa shape index (κ1) is 26.2. The van der Waals surface area contributed by atoms with Crippen molar-refractivity contribution in [1.29, 1.82) is 0 Å². The second-order valence-electron chi connectivity index (χ2n) is 9.97. The maximum Gasteiger partial charge on any atom is 0.230 e. The summed E-state index contributed by atoms with van der Waals surface area (Å²) < 4.78 is 55.4. The summed E-state index contributed by atoms with van der Waals surface area (Å²) in [6.45, 7) is 4.24. The Morgan fingerprint density at radius 1 is 1.12 bits per heavy atom. The molecule has 0 amide bonds. The molecule has 5 heterocycles. The van der Waals surface area contributed by atoms with Crippen molar-refractivity contribution in [2.45, 2.75) is 12.3 Å². The number of likely N-dealkylation sites (N-methyl/N-ethyl adjacent to an activating group) is 1. The second-order valence-corrected chi connectivity index (χ2v) is 9.97. The van der Waals surface area contributed by atoms with Crippen LogP contribution in [0.2, 0.25) is 0 Å².